The number of carbonyl (C=O) groups is 2. The number of nitrogens with two attached hydrogens (primary N) is 1. The van der Waals surface area contributed by atoms with E-state index in [0.29, 0.717) is 6.61 Å². The van der Waals surface area contributed by atoms with Crippen LogP contribution in [0.5, 0.6) is 0 Å². The maximum Gasteiger partial charge on any atom is 0.430 e. The molecular formula is C6H10F3NO5. The summed E-state index contributed by atoms with van der Waals surface area (Å²) in [6, 6.07) is 0. The third-order valence-electron chi connectivity index (χ3n) is 0.795. The summed E-state index contributed by atoms with van der Waals surface area (Å²) in [5.41, 5.74) is 0.776. The van der Waals surface area contributed by atoms with Gasteiger partial charge >= 0.3 is 12.1 Å². The molecule has 0 spiro atoms. The average Bonchev–Trinajstić information content (AvgIpc) is 2.04. The number of ether oxygens (including phenoxy) is 1. The number of esters is 1. The molecule has 0 aromatic heterocycles. The summed E-state index contributed by atoms with van der Waals surface area (Å²) >= 11 is 0. The molecule has 0 amide bonds. The number of carboxylic acids is 1. The number of carboxylic acid groups (broad SMARTS) is 1. The number of aliphatic carboxylic acids is 1. The van der Waals surface area contributed by atoms with Crippen LogP contribution in [0.25, 0.3) is 0 Å². The number of alkyl halides is 3. The third-order valence-corrected chi connectivity index (χ3v) is 0.795. The highest BCUT2D eigenvalue weighted by Crippen LogP contribution is 2.11. The Hall–Kier alpha value is -1.35. The highest BCUT2D eigenvalue weighted by atomic mass is 19.4. The summed E-state index contributed by atoms with van der Waals surface area (Å²) < 4.78 is 36.0. The van der Waals surface area contributed by atoms with Crippen LogP contribution in [0.4, 0.5) is 13.2 Å². The highest BCUT2D eigenvalue weighted by Gasteiger charge is 2.28. The van der Waals surface area contributed by atoms with E-state index < -0.39 is 18.1 Å². The standard InChI is InChI=1S/C4H9NO3.C2HF3O2/c1-2-8-4(6)3-5-7;3-2(4,5)1(6)7/h5,7H,2-3H2,1H3;(H,6,7). The van der Waals surface area contributed by atoms with Crippen LogP contribution in [0.1, 0.15) is 6.92 Å². The zero-order chi connectivity index (χ0) is 12.5. The molecule has 0 heterocycles. The maximum absolute atomic E-state index is 10.5. The minimum absolute atomic E-state index is 0.0200. The van der Waals surface area contributed by atoms with Crippen molar-refractivity contribution in [3.63, 3.8) is 0 Å². The van der Waals surface area contributed by atoms with Gasteiger partial charge in [0.15, 0.2) is 0 Å². The van der Waals surface area contributed by atoms with E-state index in [1.54, 1.807) is 6.92 Å². The molecule has 15 heavy (non-hydrogen) atoms. The van der Waals surface area contributed by atoms with Crippen molar-refractivity contribution in [3.8, 4) is 0 Å². The van der Waals surface area contributed by atoms with Crippen LogP contribution in [-0.2, 0) is 14.3 Å². The molecule has 0 aromatic carbocycles. The summed E-state index contributed by atoms with van der Waals surface area (Å²) in [6.45, 7) is 2.07. The van der Waals surface area contributed by atoms with Crippen LogP contribution in [0.3, 0.4) is 0 Å². The van der Waals surface area contributed by atoms with E-state index in [9.17, 15) is 18.0 Å². The Morgan fingerprint density at radius 2 is 1.87 bits per heavy atom. The second-order valence-corrected chi connectivity index (χ2v) is 1.98. The van der Waals surface area contributed by atoms with Gasteiger partial charge < -0.3 is 14.6 Å². The molecule has 0 unspecified atom stereocenters. The molecule has 3 N–H and O–H groups in total. The maximum atomic E-state index is 10.5. The molecule has 0 aliphatic carbocycles. The molecule has 0 aromatic rings. The number of hydrogen-bond acceptors (Lipinski definition) is 5. The Kier molecular flexibility index (Phi) is 8.58. The Morgan fingerprint density at radius 3 is 2.07 bits per heavy atom. The van der Waals surface area contributed by atoms with Gasteiger partial charge in [0.25, 0.3) is 0 Å². The Balaban J connectivity index is 0. The number of quaternary nitrogens is 1. The topological polar surface area (TPSA) is 103 Å². The fraction of sp³-hybridized carbons (Fsp3) is 0.667. The van der Waals surface area contributed by atoms with Crippen LogP contribution >= 0.6 is 0 Å². The second kappa shape index (κ2) is 8.00. The molecule has 0 fully saturated rings. The predicted octanol–water partition coefficient (Wildman–Crippen LogP) is -2.20. The fourth-order valence-electron chi connectivity index (χ4n) is 0.294. The number of hydrogen-bond donors (Lipinski definition) is 2. The van der Waals surface area contributed by atoms with Crippen molar-refractivity contribution >= 4 is 11.9 Å². The summed E-state index contributed by atoms with van der Waals surface area (Å²) in [4.78, 5) is 19.0. The molecule has 9 heteroatoms. The third kappa shape index (κ3) is 12.6. The van der Waals surface area contributed by atoms with Crippen molar-refractivity contribution in [2.45, 2.75) is 13.1 Å². The molecule has 0 rings (SSSR count). The van der Waals surface area contributed by atoms with Gasteiger partial charge in [-0.05, 0) is 6.92 Å². The molecule has 0 aliphatic heterocycles. The van der Waals surface area contributed by atoms with Crippen molar-refractivity contribution < 1.29 is 43.3 Å². The smallest absolute Gasteiger partial charge is 0.430 e. The van der Waals surface area contributed by atoms with Crippen molar-refractivity contribution in [2.24, 2.45) is 0 Å². The van der Waals surface area contributed by atoms with Crippen molar-refractivity contribution in [1.82, 2.24) is 0 Å². The van der Waals surface area contributed by atoms with E-state index in [4.69, 9.17) is 15.1 Å². The quantitative estimate of drug-likeness (QED) is 0.425. The number of halogens is 3. The Labute approximate surface area is 82.6 Å². The summed E-state index contributed by atoms with van der Waals surface area (Å²) in [5, 5.41) is 16.8. The SMILES string of the molecule is CCOC(=O)C[NH2+]O.O=C([O-])C(F)(F)F. The summed E-state index contributed by atoms with van der Waals surface area (Å²) in [7, 11) is 0. The van der Waals surface area contributed by atoms with Crippen LogP contribution in [0, 0.1) is 0 Å². The molecule has 0 aliphatic rings. The Bertz CT molecular complexity index is 197. The van der Waals surface area contributed by atoms with Gasteiger partial charge in [-0.2, -0.15) is 18.7 Å². The first-order valence-electron chi connectivity index (χ1n) is 3.65. The predicted molar refractivity (Wildman–Crippen MR) is 36.3 cm³/mol. The zero-order valence-electron chi connectivity index (χ0n) is 7.71. The van der Waals surface area contributed by atoms with Gasteiger partial charge in [0, 0.05) is 0 Å². The summed E-state index contributed by atoms with van der Waals surface area (Å²) in [6.07, 6.45) is -5.19. The van der Waals surface area contributed by atoms with Gasteiger partial charge in [-0.3, -0.25) is 0 Å². The van der Waals surface area contributed by atoms with Gasteiger partial charge in [-0.25, -0.2) is 10.0 Å². The molecule has 6 nitrogen and oxygen atoms in total. The van der Waals surface area contributed by atoms with Crippen molar-refractivity contribution in [1.29, 1.82) is 0 Å². The lowest BCUT2D eigenvalue weighted by atomic mass is 10.7. The second-order valence-electron chi connectivity index (χ2n) is 1.98. The fourth-order valence-corrected chi connectivity index (χ4v) is 0.294. The van der Waals surface area contributed by atoms with Gasteiger partial charge in [-0.15, -0.1) is 0 Å². The molecule has 0 saturated heterocycles. The van der Waals surface area contributed by atoms with Gasteiger partial charge in [0.05, 0.1) is 6.61 Å². The largest absolute Gasteiger partial charge is 0.542 e. The van der Waals surface area contributed by atoms with Crippen LogP contribution in [0.2, 0.25) is 0 Å². The summed E-state index contributed by atoms with van der Waals surface area (Å²) in [5.74, 6) is -3.40. The first-order valence-corrected chi connectivity index (χ1v) is 3.65. The molecule has 0 saturated carbocycles. The van der Waals surface area contributed by atoms with E-state index in [-0.39, 0.29) is 6.54 Å². The number of carbonyl (C=O) groups excluding carboxylic acids is 2. The van der Waals surface area contributed by atoms with Crippen LogP contribution < -0.4 is 10.6 Å². The lowest BCUT2D eigenvalue weighted by Gasteiger charge is -2.03. The van der Waals surface area contributed by atoms with Crippen molar-refractivity contribution in [3.05, 3.63) is 0 Å². The molecule has 0 bridgehead atoms. The minimum Gasteiger partial charge on any atom is -0.542 e. The number of hydroxylamine groups is 1. The van der Waals surface area contributed by atoms with E-state index in [0.717, 1.165) is 5.48 Å². The average molecular weight is 233 g/mol. The normalized spacial score (nSPS) is 9.93. The van der Waals surface area contributed by atoms with E-state index in [1.807, 2.05) is 0 Å². The monoisotopic (exact) mass is 233 g/mol. The van der Waals surface area contributed by atoms with Crippen LogP contribution in [-0.4, -0.2) is 36.5 Å². The molecule has 90 valence electrons. The zero-order valence-corrected chi connectivity index (χ0v) is 7.71. The van der Waals surface area contributed by atoms with Gasteiger partial charge in [0.1, 0.15) is 5.97 Å². The first-order chi connectivity index (χ1) is 6.75. The minimum atomic E-state index is -5.19. The van der Waals surface area contributed by atoms with Gasteiger partial charge in [0.2, 0.25) is 6.54 Å². The highest BCUT2D eigenvalue weighted by molar-refractivity contribution is 5.70. The molecular weight excluding hydrogens is 223 g/mol. The molecule has 0 atom stereocenters. The lowest BCUT2D eigenvalue weighted by molar-refractivity contribution is -0.879. The first kappa shape index (κ1) is 16.1. The van der Waals surface area contributed by atoms with E-state index >= 15 is 0 Å². The van der Waals surface area contributed by atoms with Gasteiger partial charge in [-0.1, -0.05) is 0 Å². The number of rotatable bonds is 3. The van der Waals surface area contributed by atoms with E-state index in [1.165, 1.54) is 0 Å². The molecule has 0 radical (unpaired) electrons. The Morgan fingerprint density at radius 1 is 1.47 bits per heavy atom. The van der Waals surface area contributed by atoms with E-state index in [2.05, 4.69) is 4.74 Å². The van der Waals surface area contributed by atoms with Crippen molar-refractivity contribution in [2.75, 3.05) is 13.2 Å². The lowest BCUT2D eigenvalue weighted by Crippen LogP contribution is -2.82. The van der Waals surface area contributed by atoms with Crippen LogP contribution in [0.15, 0.2) is 0 Å².